The Morgan fingerprint density at radius 3 is 2.20 bits per heavy atom. The van der Waals surface area contributed by atoms with Crippen molar-refractivity contribution in [1.29, 1.82) is 0 Å². The summed E-state index contributed by atoms with van der Waals surface area (Å²) in [6.45, 7) is 3.13. The van der Waals surface area contributed by atoms with Gasteiger partial charge in [-0.05, 0) is 20.3 Å². The normalized spacial score (nSPS) is 45.7. The van der Waals surface area contributed by atoms with E-state index in [1.165, 1.54) is 0 Å². The molecule has 0 aromatic heterocycles. The second-order valence-electron chi connectivity index (χ2n) is 3.12. The molecule has 2 atom stereocenters. The summed E-state index contributed by atoms with van der Waals surface area (Å²) in [5, 5.41) is 8.82. The molecule has 1 N–H and O–H groups in total. The number of sulfone groups is 1. The van der Waals surface area contributed by atoms with Crippen LogP contribution in [-0.2, 0) is 9.84 Å². The molecule has 1 aliphatic heterocycles. The van der Waals surface area contributed by atoms with Gasteiger partial charge in [-0.25, -0.2) is 8.42 Å². The molecular formula is C6H12O3S. The zero-order valence-corrected chi connectivity index (χ0v) is 6.98. The van der Waals surface area contributed by atoms with E-state index < -0.39 is 20.7 Å². The average molecular weight is 164 g/mol. The molecule has 0 bridgehead atoms. The number of aliphatic hydroxyl groups is 1. The summed E-state index contributed by atoms with van der Waals surface area (Å²) < 4.78 is 22.0. The topological polar surface area (TPSA) is 54.4 Å². The molecule has 1 heterocycles. The first-order chi connectivity index (χ1) is 4.36. The minimum absolute atomic E-state index is 0.126. The maximum Gasteiger partial charge on any atom is 0.155 e. The number of hydrogen-bond donors (Lipinski definition) is 1. The zero-order chi connectivity index (χ0) is 7.99. The summed E-state index contributed by atoms with van der Waals surface area (Å²) in [6, 6.07) is 0. The van der Waals surface area contributed by atoms with Crippen LogP contribution in [0.5, 0.6) is 0 Å². The van der Waals surface area contributed by atoms with E-state index in [4.69, 9.17) is 0 Å². The highest BCUT2D eigenvalue weighted by molar-refractivity contribution is 7.92. The van der Waals surface area contributed by atoms with Crippen LogP contribution in [0.15, 0.2) is 0 Å². The van der Waals surface area contributed by atoms with Gasteiger partial charge in [-0.3, -0.25) is 0 Å². The van der Waals surface area contributed by atoms with Crippen molar-refractivity contribution >= 4 is 9.84 Å². The average Bonchev–Trinajstić information content (AvgIpc) is 1.95. The highest BCUT2D eigenvalue weighted by Gasteiger charge is 2.44. The lowest BCUT2D eigenvalue weighted by Crippen LogP contribution is -2.34. The molecule has 2 unspecified atom stereocenters. The third-order valence-electron chi connectivity index (χ3n) is 2.31. The molecule has 10 heavy (non-hydrogen) atoms. The van der Waals surface area contributed by atoms with Crippen molar-refractivity contribution in [2.45, 2.75) is 31.1 Å². The minimum atomic E-state index is -2.98. The van der Waals surface area contributed by atoms with Crippen molar-refractivity contribution in [2.24, 2.45) is 0 Å². The highest BCUT2D eigenvalue weighted by Crippen LogP contribution is 2.29. The lowest BCUT2D eigenvalue weighted by atomic mass is 10.0. The first-order valence-electron chi connectivity index (χ1n) is 3.30. The van der Waals surface area contributed by atoms with Crippen LogP contribution < -0.4 is 0 Å². The highest BCUT2D eigenvalue weighted by atomic mass is 32.2. The quantitative estimate of drug-likeness (QED) is 0.546. The fraction of sp³-hybridized carbons (Fsp3) is 1.00. The first kappa shape index (κ1) is 8.01. The molecule has 0 radical (unpaired) electrons. The SMILES string of the molecule is CC1C(C)(O)CCS1(=O)=O. The predicted octanol–water partition coefficient (Wildman–Crippen LogP) is -0.0556. The van der Waals surface area contributed by atoms with Crippen LogP contribution in [0.3, 0.4) is 0 Å². The molecule has 4 heteroatoms. The third-order valence-corrected chi connectivity index (χ3v) is 4.67. The lowest BCUT2D eigenvalue weighted by Gasteiger charge is -2.19. The van der Waals surface area contributed by atoms with Crippen LogP contribution >= 0.6 is 0 Å². The van der Waals surface area contributed by atoms with Crippen molar-refractivity contribution in [3.63, 3.8) is 0 Å². The van der Waals surface area contributed by atoms with E-state index >= 15 is 0 Å². The van der Waals surface area contributed by atoms with E-state index in [2.05, 4.69) is 0 Å². The molecule has 0 aliphatic carbocycles. The Balaban J connectivity index is 2.99. The van der Waals surface area contributed by atoms with E-state index in [-0.39, 0.29) is 5.75 Å². The molecule has 0 amide bonds. The van der Waals surface area contributed by atoms with E-state index in [0.29, 0.717) is 6.42 Å². The van der Waals surface area contributed by atoms with Gasteiger partial charge in [0.05, 0.1) is 16.6 Å². The Morgan fingerprint density at radius 1 is 1.60 bits per heavy atom. The predicted molar refractivity (Wildman–Crippen MR) is 38.5 cm³/mol. The van der Waals surface area contributed by atoms with Gasteiger partial charge in [0.1, 0.15) is 0 Å². The van der Waals surface area contributed by atoms with Gasteiger partial charge in [-0.1, -0.05) is 0 Å². The Labute approximate surface area is 61.0 Å². The summed E-state index contributed by atoms with van der Waals surface area (Å²) in [5.41, 5.74) is -1.00. The van der Waals surface area contributed by atoms with E-state index in [0.717, 1.165) is 0 Å². The largest absolute Gasteiger partial charge is 0.389 e. The van der Waals surface area contributed by atoms with E-state index in [9.17, 15) is 13.5 Å². The van der Waals surface area contributed by atoms with E-state index in [1.54, 1.807) is 13.8 Å². The Hall–Kier alpha value is -0.0900. The Kier molecular flexibility index (Phi) is 1.56. The first-order valence-corrected chi connectivity index (χ1v) is 5.02. The molecular weight excluding hydrogens is 152 g/mol. The smallest absolute Gasteiger partial charge is 0.155 e. The van der Waals surface area contributed by atoms with Crippen molar-refractivity contribution in [3.8, 4) is 0 Å². The van der Waals surface area contributed by atoms with Crippen molar-refractivity contribution in [1.82, 2.24) is 0 Å². The van der Waals surface area contributed by atoms with Crippen molar-refractivity contribution < 1.29 is 13.5 Å². The molecule has 1 saturated heterocycles. The number of hydrogen-bond acceptors (Lipinski definition) is 3. The van der Waals surface area contributed by atoms with Gasteiger partial charge in [-0.15, -0.1) is 0 Å². The Morgan fingerprint density at radius 2 is 2.10 bits per heavy atom. The monoisotopic (exact) mass is 164 g/mol. The maximum atomic E-state index is 11.0. The molecule has 0 spiro atoms. The molecule has 1 aliphatic rings. The van der Waals surface area contributed by atoms with E-state index in [1.807, 2.05) is 0 Å². The van der Waals surface area contributed by atoms with Gasteiger partial charge in [0.25, 0.3) is 0 Å². The number of rotatable bonds is 0. The second kappa shape index (κ2) is 1.95. The second-order valence-corrected chi connectivity index (χ2v) is 5.56. The molecule has 0 aromatic carbocycles. The fourth-order valence-electron chi connectivity index (χ4n) is 1.12. The molecule has 0 aromatic rings. The van der Waals surface area contributed by atoms with Gasteiger partial charge >= 0.3 is 0 Å². The minimum Gasteiger partial charge on any atom is -0.389 e. The van der Waals surface area contributed by atoms with Gasteiger partial charge in [0.2, 0.25) is 0 Å². The van der Waals surface area contributed by atoms with Gasteiger partial charge in [0.15, 0.2) is 9.84 Å². The molecule has 0 saturated carbocycles. The van der Waals surface area contributed by atoms with Gasteiger partial charge in [-0.2, -0.15) is 0 Å². The van der Waals surface area contributed by atoms with Gasteiger partial charge < -0.3 is 5.11 Å². The summed E-state index contributed by atoms with van der Waals surface area (Å²) in [6.07, 6.45) is 0.372. The molecule has 3 nitrogen and oxygen atoms in total. The van der Waals surface area contributed by atoms with Crippen LogP contribution in [0.25, 0.3) is 0 Å². The third kappa shape index (κ3) is 1.06. The lowest BCUT2D eigenvalue weighted by molar-refractivity contribution is 0.0653. The summed E-state index contributed by atoms with van der Waals surface area (Å²) in [7, 11) is -2.98. The molecule has 1 rings (SSSR count). The van der Waals surface area contributed by atoms with Crippen LogP contribution in [0, 0.1) is 0 Å². The maximum absolute atomic E-state index is 11.0. The van der Waals surface area contributed by atoms with Crippen LogP contribution in [-0.4, -0.2) is 30.1 Å². The summed E-state index contributed by atoms with van der Waals surface area (Å²) >= 11 is 0. The molecule has 60 valence electrons. The zero-order valence-electron chi connectivity index (χ0n) is 6.16. The van der Waals surface area contributed by atoms with Crippen molar-refractivity contribution in [3.05, 3.63) is 0 Å². The summed E-state index contributed by atoms with van der Waals surface area (Å²) in [5.74, 6) is 0.126. The Bertz CT molecular complexity index is 227. The van der Waals surface area contributed by atoms with Crippen LogP contribution in [0.2, 0.25) is 0 Å². The summed E-state index contributed by atoms with van der Waals surface area (Å²) in [4.78, 5) is 0. The van der Waals surface area contributed by atoms with Crippen molar-refractivity contribution in [2.75, 3.05) is 5.75 Å². The van der Waals surface area contributed by atoms with Gasteiger partial charge in [0, 0.05) is 0 Å². The van der Waals surface area contributed by atoms with Crippen LogP contribution in [0.1, 0.15) is 20.3 Å². The molecule has 1 fully saturated rings. The fourth-order valence-corrected chi connectivity index (χ4v) is 3.06. The standard InChI is InChI=1S/C6H12O3S/c1-5-6(2,7)3-4-10(5,8)9/h5,7H,3-4H2,1-2H3. The van der Waals surface area contributed by atoms with Crippen LogP contribution in [0.4, 0.5) is 0 Å².